The van der Waals surface area contributed by atoms with E-state index in [1.807, 2.05) is 13.8 Å². The molecule has 4 aromatic rings. The first kappa shape index (κ1) is 28.3. The third kappa shape index (κ3) is 4.51. The van der Waals surface area contributed by atoms with Crippen LogP contribution in [0.3, 0.4) is 0 Å². The average molecular weight is 589 g/mol. The van der Waals surface area contributed by atoms with E-state index >= 15 is 0 Å². The minimum Gasteiger partial charge on any atom is -0.479 e. The van der Waals surface area contributed by atoms with Gasteiger partial charge in [-0.15, -0.1) is 0 Å². The van der Waals surface area contributed by atoms with Crippen LogP contribution in [-0.4, -0.2) is 55.6 Å². The van der Waals surface area contributed by atoms with Gasteiger partial charge in [-0.2, -0.15) is 15.3 Å². The lowest BCUT2D eigenvalue weighted by atomic mass is 9.94. The van der Waals surface area contributed by atoms with Crippen molar-refractivity contribution in [2.75, 3.05) is 24.0 Å². The number of rotatable bonds is 6. The van der Waals surface area contributed by atoms with Crippen LogP contribution in [0.25, 0.3) is 5.69 Å². The highest BCUT2D eigenvalue weighted by Gasteiger charge is 2.46. The number of aryl methyl sites for hydroxylation is 1. The highest BCUT2D eigenvalue weighted by Crippen LogP contribution is 2.45. The molecule has 3 aromatic heterocycles. The van der Waals surface area contributed by atoms with Gasteiger partial charge in [0.05, 0.1) is 41.7 Å². The summed E-state index contributed by atoms with van der Waals surface area (Å²) in [7, 11) is 4.23. The number of nitriles is 1. The molecule has 1 aliphatic heterocycles. The van der Waals surface area contributed by atoms with E-state index in [4.69, 9.17) is 16.3 Å². The van der Waals surface area contributed by atoms with Crippen molar-refractivity contribution < 1.29 is 19.4 Å². The summed E-state index contributed by atoms with van der Waals surface area (Å²) in [6.07, 6.45) is 1.58. The van der Waals surface area contributed by atoms with Gasteiger partial charge in [-0.05, 0) is 29.7 Å². The number of ether oxygens (including phenoxy) is 1. The second-order valence-electron chi connectivity index (χ2n) is 9.89. The molecule has 0 radical (unpaired) electrons. The number of anilines is 2. The number of benzene rings is 1. The lowest BCUT2D eigenvalue weighted by Crippen LogP contribution is -2.36. The zero-order chi connectivity index (χ0) is 30.5. The molecule has 0 saturated heterocycles. The first-order chi connectivity index (χ1) is 20.0. The number of carbonyl (C=O) groups is 2. The van der Waals surface area contributed by atoms with Gasteiger partial charge in [0.1, 0.15) is 11.4 Å². The summed E-state index contributed by atoms with van der Waals surface area (Å²) >= 11 is 6.32. The summed E-state index contributed by atoms with van der Waals surface area (Å²) in [5.74, 6) is -0.799. The maximum atomic E-state index is 14.1. The predicted octanol–water partition coefficient (Wildman–Crippen LogP) is 3.88. The lowest BCUT2D eigenvalue weighted by molar-refractivity contribution is 0.0987. The van der Waals surface area contributed by atoms with Crippen molar-refractivity contribution in [2.24, 2.45) is 7.05 Å². The Morgan fingerprint density at radius 1 is 1.21 bits per heavy atom. The van der Waals surface area contributed by atoms with Crippen molar-refractivity contribution in [1.29, 1.82) is 5.26 Å². The number of pyridine rings is 1. The average Bonchev–Trinajstić information content (AvgIpc) is 3.49. The Balaban J connectivity index is 1.78. The Hall–Kier alpha value is -5.22. The van der Waals surface area contributed by atoms with Crippen molar-refractivity contribution in [1.82, 2.24) is 24.3 Å². The molecule has 42 heavy (non-hydrogen) atoms. The largest absolute Gasteiger partial charge is 0.479 e. The van der Waals surface area contributed by atoms with Crippen LogP contribution in [0.15, 0.2) is 47.5 Å². The number of carbonyl (C=O) groups excluding carboxylic acids is 1. The van der Waals surface area contributed by atoms with E-state index in [2.05, 4.69) is 21.1 Å². The molecule has 1 unspecified atom stereocenters. The maximum absolute atomic E-state index is 14.1. The van der Waals surface area contributed by atoms with Gasteiger partial charge in [0.25, 0.3) is 11.5 Å². The normalized spacial score (nSPS) is 14.2. The van der Waals surface area contributed by atoms with Gasteiger partial charge in [-0.3, -0.25) is 14.5 Å². The third-order valence-corrected chi connectivity index (χ3v) is 7.14. The van der Waals surface area contributed by atoms with E-state index in [1.165, 1.54) is 46.8 Å². The summed E-state index contributed by atoms with van der Waals surface area (Å²) in [5.41, 5.74) is 2.28. The Kier molecular flexibility index (Phi) is 7.17. The van der Waals surface area contributed by atoms with Gasteiger partial charge in [0, 0.05) is 25.9 Å². The minimum absolute atomic E-state index is 0.0408. The van der Waals surface area contributed by atoms with Crippen molar-refractivity contribution in [3.8, 4) is 17.6 Å². The number of fused-ring (bicyclic) bond motifs is 1. The molecule has 13 nitrogen and oxygen atoms in total. The second-order valence-corrected chi connectivity index (χ2v) is 10.3. The topological polar surface area (TPSA) is 159 Å². The highest BCUT2D eigenvalue weighted by atomic mass is 35.5. The zero-order valence-corrected chi connectivity index (χ0v) is 24.0. The number of carboxylic acid groups (broad SMARTS) is 1. The summed E-state index contributed by atoms with van der Waals surface area (Å²) in [6.45, 7) is 3.85. The quantitative estimate of drug-likeness (QED) is 0.352. The van der Waals surface area contributed by atoms with Crippen LogP contribution in [0.2, 0.25) is 5.02 Å². The van der Waals surface area contributed by atoms with Gasteiger partial charge >= 0.3 is 6.09 Å². The van der Waals surface area contributed by atoms with Gasteiger partial charge in [0.15, 0.2) is 5.69 Å². The number of nitrogens with zero attached hydrogens (tertiary/aromatic N) is 8. The van der Waals surface area contributed by atoms with Gasteiger partial charge in [-0.1, -0.05) is 37.6 Å². The summed E-state index contributed by atoms with van der Waals surface area (Å²) in [5, 5.41) is 23.7. The van der Waals surface area contributed by atoms with Crippen molar-refractivity contribution in [2.45, 2.75) is 25.8 Å². The highest BCUT2D eigenvalue weighted by molar-refractivity contribution is 6.30. The summed E-state index contributed by atoms with van der Waals surface area (Å²) in [6, 6.07) is 9.49. The molecule has 4 heterocycles. The van der Waals surface area contributed by atoms with E-state index in [0.29, 0.717) is 22.4 Å². The van der Waals surface area contributed by atoms with Gasteiger partial charge < -0.3 is 14.4 Å². The first-order valence-electron chi connectivity index (χ1n) is 12.7. The number of methoxy groups -OCH3 is 1. The van der Waals surface area contributed by atoms with Crippen LogP contribution < -0.4 is 20.1 Å². The molecule has 0 spiro atoms. The molecular weight excluding hydrogens is 564 g/mol. The monoisotopic (exact) mass is 588 g/mol. The smallest absolute Gasteiger partial charge is 0.413 e. The first-order valence-corrected chi connectivity index (χ1v) is 13.1. The molecule has 5 rings (SSSR count). The number of halogens is 1. The van der Waals surface area contributed by atoms with Crippen LogP contribution in [0, 0.1) is 11.3 Å². The Morgan fingerprint density at radius 2 is 1.90 bits per heavy atom. The van der Waals surface area contributed by atoms with Crippen LogP contribution in [0.1, 0.15) is 58.7 Å². The lowest BCUT2D eigenvalue weighted by Gasteiger charge is -2.27. The molecule has 0 saturated carbocycles. The van der Waals surface area contributed by atoms with Crippen LogP contribution in [0.4, 0.5) is 16.4 Å². The molecule has 1 N–H and O–H groups in total. The van der Waals surface area contributed by atoms with E-state index < -0.39 is 23.6 Å². The number of hydrogen-bond donors (Lipinski definition) is 1. The summed E-state index contributed by atoms with van der Waals surface area (Å²) < 4.78 is 8.30. The maximum Gasteiger partial charge on any atom is 0.413 e. The zero-order valence-electron chi connectivity index (χ0n) is 23.2. The van der Waals surface area contributed by atoms with E-state index in [9.17, 15) is 24.8 Å². The second kappa shape index (κ2) is 10.6. The molecule has 14 heteroatoms. The SMILES string of the molecule is COc1nc(N(C)C(=O)O)ncc1-n1nc2c(c1C(C)C)C(c1ccc(C#N)cc1)N(c1cc(Cl)cn(C)c1=O)C2=O. The fraction of sp³-hybridized carbons (Fsp3) is 0.250. The van der Waals surface area contributed by atoms with Crippen molar-refractivity contribution in [3.63, 3.8) is 0 Å². The minimum atomic E-state index is -1.26. The predicted molar refractivity (Wildman–Crippen MR) is 153 cm³/mol. The van der Waals surface area contributed by atoms with E-state index in [0.717, 1.165) is 4.90 Å². The molecule has 1 aromatic carbocycles. The molecular formula is C28H25ClN8O5. The number of amides is 2. The molecule has 2 amide bonds. The summed E-state index contributed by atoms with van der Waals surface area (Å²) in [4.78, 5) is 49.5. The molecule has 1 aliphatic rings. The molecule has 214 valence electrons. The van der Waals surface area contributed by atoms with Crippen molar-refractivity contribution in [3.05, 3.63) is 86.2 Å². The molecule has 0 fully saturated rings. The van der Waals surface area contributed by atoms with Crippen LogP contribution in [-0.2, 0) is 7.05 Å². The standard InChI is InChI=1S/C28H25ClN8O5/c1-14(2)22-20-21(33-37(22)19-12-31-27(32-24(19)42-5)35(4)28(40)41)26(39)36(18-10-17(29)13-34(3)25(18)38)23(20)16-8-6-15(11-30)7-9-16/h6-10,12-14,23H,1-5H3,(H,40,41). The molecule has 1 atom stereocenters. The number of hydrogen-bond acceptors (Lipinski definition) is 8. The Labute approximate surface area is 244 Å². The van der Waals surface area contributed by atoms with Crippen LogP contribution >= 0.6 is 11.6 Å². The molecule has 0 aliphatic carbocycles. The Bertz CT molecular complexity index is 1840. The van der Waals surface area contributed by atoms with Gasteiger partial charge in [-0.25, -0.2) is 19.4 Å². The van der Waals surface area contributed by atoms with Crippen molar-refractivity contribution >= 4 is 35.2 Å². The fourth-order valence-electron chi connectivity index (χ4n) is 4.99. The number of aromatic nitrogens is 5. The third-order valence-electron chi connectivity index (χ3n) is 6.94. The fourth-order valence-corrected chi connectivity index (χ4v) is 5.24. The Morgan fingerprint density at radius 3 is 2.50 bits per heavy atom. The van der Waals surface area contributed by atoms with E-state index in [-0.39, 0.29) is 39.8 Å². The van der Waals surface area contributed by atoms with Crippen LogP contribution in [0.5, 0.6) is 5.88 Å². The van der Waals surface area contributed by atoms with E-state index in [1.54, 1.807) is 31.3 Å². The molecule has 0 bridgehead atoms. The van der Waals surface area contributed by atoms with Gasteiger partial charge in [0.2, 0.25) is 11.8 Å².